The summed E-state index contributed by atoms with van der Waals surface area (Å²) in [6.45, 7) is 2.56. The van der Waals surface area contributed by atoms with Crippen molar-refractivity contribution >= 4 is 55.4 Å². The van der Waals surface area contributed by atoms with E-state index < -0.39 is 18.1 Å². The Bertz CT molecular complexity index is 2180. The van der Waals surface area contributed by atoms with Crippen LogP contribution in [-0.4, -0.2) is 57.6 Å². The summed E-state index contributed by atoms with van der Waals surface area (Å²) in [5.74, 6) is -0.107. The first-order valence-electron chi connectivity index (χ1n) is 14.8. The molecule has 4 aromatic carbocycles. The van der Waals surface area contributed by atoms with E-state index in [2.05, 4.69) is 45.6 Å². The van der Waals surface area contributed by atoms with Crippen molar-refractivity contribution in [3.63, 3.8) is 0 Å². The molecule has 5 heterocycles. The molecule has 0 saturated carbocycles. The first-order chi connectivity index (χ1) is 20.9. The monoisotopic (exact) mass is 588 g/mol. The molecule has 3 N–H and O–H groups in total. The van der Waals surface area contributed by atoms with Gasteiger partial charge in [0.1, 0.15) is 12.3 Å². The smallest absolute Gasteiger partial charge is 0.253 e. The summed E-state index contributed by atoms with van der Waals surface area (Å²) in [5, 5.41) is 7.24. The number of rotatable bonds is 3. The zero-order chi connectivity index (χ0) is 29.2. The van der Waals surface area contributed by atoms with Crippen molar-refractivity contribution in [2.24, 2.45) is 0 Å². The summed E-state index contributed by atoms with van der Waals surface area (Å²) in [6.07, 6.45) is -0.386. The van der Waals surface area contributed by atoms with Gasteiger partial charge in [0.15, 0.2) is 5.72 Å². The van der Waals surface area contributed by atoms with Gasteiger partial charge in [0.05, 0.1) is 33.7 Å². The maximum absolute atomic E-state index is 13.9. The Morgan fingerprint density at radius 1 is 0.955 bits per heavy atom. The molecule has 222 valence electrons. The number of hydrogen-bond acceptors (Lipinski definition) is 4. The molecule has 9 rings (SSSR count). The predicted molar refractivity (Wildman–Crippen MR) is 169 cm³/mol. The van der Waals surface area contributed by atoms with Crippen LogP contribution in [0.4, 0.5) is 0 Å². The summed E-state index contributed by atoms with van der Waals surface area (Å²) in [4.78, 5) is 29.2. The highest BCUT2D eigenvalue weighted by Gasteiger charge is 2.55. The van der Waals surface area contributed by atoms with Gasteiger partial charge in [-0.15, -0.1) is 0 Å². The molecular formula is C35H32N4O5. The lowest BCUT2D eigenvalue weighted by Crippen LogP contribution is -2.61. The van der Waals surface area contributed by atoms with Crippen LogP contribution in [0, 0.1) is 0 Å². The average molecular weight is 589 g/mol. The third-order valence-electron chi connectivity index (χ3n) is 10.0. The average Bonchev–Trinajstić information content (AvgIpc) is 3.68. The lowest BCUT2D eigenvalue weighted by Gasteiger charge is -2.50. The number of ether oxygens (including phenoxy) is 2. The lowest BCUT2D eigenvalue weighted by molar-refractivity contribution is -0.264. The summed E-state index contributed by atoms with van der Waals surface area (Å²) >= 11 is 0. The van der Waals surface area contributed by atoms with Crippen LogP contribution in [0.15, 0.2) is 78.9 Å². The molecule has 0 radical (unpaired) electrons. The maximum atomic E-state index is 13.9. The number of carbonyl (C=O) groups excluding carboxylic acids is 2. The van der Waals surface area contributed by atoms with Crippen molar-refractivity contribution in [3.05, 3.63) is 95.6 Å². The van der Waals surface area contributed by atoms with Crippen LogP contribution >= 0.6 is 0 Å². The molecule has 3 aliphatic rings. The Hall–Kier alpha value is -4.70. The number of fused-ring (bicyclic) bond motifs is 13. The topological polar surface area (TPSA) is 109 Å². The van der Waals surface area contributed by atoms with Gasteiger partial charge in [0.2, 0.25) is 0 Å². The Balaban J connectivity index is 0.00000289. The van der Waals surface area contributed by atoms with Crippen molar-refractivity contribution in [2.45, 2.75) is 44.0 Å². The van der Waals surface area contributed by atoms with E-state index in [9.17, 15) is 9.59 Å². The number of nitrogens with zero attached hydrogens (tertiary/aromatic N) is 3. The van der Waals surface area contributed by atoms with Gasteiger partial charge in [-0.3, -0.25) is 9.59 Å². The largest absolute Gasteiger partial charge is 0.412 e. The van der Waals surface area contributed by atoms with Gasteiger partial charge in [-0.05, 0) is 36.8 Å². The highest BCUT2D eigenvalue weighted by molar-refractivity contribution is 6.31. The highest BCUT2D eigenvalue weighted by atomic mass is 16.6. The molecule has 9 heteroatoms. The molecule has 3 aliphatic heterocycles. The minimum atomic E-state index is -0.980. The summed E-state index contributed by atoms with van der Waals surface area (Å²) in [6, 6.07) is 25.7. The molecule has 6 aromatic rings. The minimum Gasteiger partial charge on any atom is -0.412 e. The second kappa shape index (κ2) is 9.15. The van der Waals surface area contributed by atoms with E-state index in [4.69, 9.17) is 9.47 Å². The number of methoxy groups -OCH3 is 1. The van der Waals surface area contributed by atoms with Crippen molar-refractivity contribution in [1.29, 1.82) is 0 Å². The van der Waals surface area contributed by atoms with E-state index in [1.165, 1.54) is 0 Å². The minimum absolute atomic E-state index is 0. The number of carbonyl (C=O) groups is 2. The van der Waals surface area contributed by atoms with Gasteiger partial charge in [0, 0.05) is 54.2 Å². The van der Waals surface area contributed by atoms with Crippen LogP contribution < -0.4 is 5.32 Å². The molecule has 4 atom stereocenters. The molecule has 2 bridgehead atoms. The van der Waals surface area contributed by atoms with Crippen molar-refractivity contribution in [1.82, 2.24) is 19.4 Å². The van der Waals surface area contributed by atoms with E-state index >= 15 is 0 Å². The quantitative estimate of drug-likeness (QED) is 0.311. The Kier molecular flexibility index (Phi) is 5.59. The summed E-state index contributed by atoms with van der Waals surface area (Å²) in [7, 11) is 3.57. The fourth-order valence-corrected chi connectivity index (χ4v) is 8.33. The second-order valence-electron chi connectivity index (χ2n) is 12.1. The second-order valence-corrected chi connectivity index (χ2v) is 12.1. The highest BCUT2D eigenvalue weighted by Crippen LogP contribution is 2.54. The van der Waals surface area contributed by atoms with Gasteiger partial charge in [-0.1, -0.05) is 54.6 Å². The fourth-order valence-electron chi connectivity index (χ4n) is 8.33. The van der Waals surface area contributed by atoms with E-state index in [0.717, 1.165) is 54.7 Å². The normalized spacial score (nSPS) is 23.6. The van der Waals surface area contributed by atoms with E-state index in [1.54, 1.807) is 7.11 Å². The van der Waals surface area contributed by atoms with Crippen LogP contribution in [0.1, 0.15) is 45.9 Å². The number of likely N-dealkylation sites (N-methyl/N-ethyl adjacent to an activating group) is 1. The van der Waals surface area contributed by atoms with Gasteiger partial charge in [0.25, 0.3) is 11.8 Å². The summed E-state index contributed by atoms with van der Waals surface area (Å²) in [5.41, 5.74) is 5.46. The summed E-state index contributed by atoms with van der Waals surface area (Å²) < 4.78 is 18.1. The standard InChI is InChI=1S/C35H30N4O4.H2O/c1-35-32(42-3)25(37(2)34(41)19-11-5-4-6-12-19)17-26(43-35)38-23-15-9-7-13-20(23)28-29-22(18-36-33(29)40)27-21-14-8-10-16-24(21)39(35)31(27)30(28)38;/h4-16,25-26,32H,17-18H2,1-3H3,(H,36,40);1H2/t25-,26-,32-,35+;/m1./s1. The predicted octanol–water partition coefficient (Wildman–Crippen LogP) is 5.08. The molecule has 1 fully saturated rings. The molecular weight excluding hydrogens is 556 g/mol. The van der Waals surface area contributed by atoms with Gasteiger partial charge in [-0.25, -0.2) is 0 Å². The third kappa shape index (κ3) is 3.13. The molecule has 2 aromatic heterocycles. The third-order valence-corrected chi connectivity index (χ3v) is 10.0. The van der Waals surface area contributed by atoms with Gasteiger partial charge < -0.3 is 34.3 Å². The number of aromatic nitrogens is 2. The lowest BCUT2D eigenvalue weighted by atomic mass is 9.91. The molecule has 44 heavy (non-hydrogen) atoms. The van der Waals surface area contributed by atoms with Crippen molar-refractivity contribution < 1.29 is 24.5 Å². The van der Waals surface area contributed by atoms with E-state index in [0.29, 0.717) is 18.5 Å². The Morgan fingerprint density at radius 3 is 2.34 bits per heavy atom. The van der Waals surface area contributed by atoms with Gasteiger partial charge in [-0.2, -0.15) is 0 Å². The molecule has 2 amide bonds. The van der Waals surface area contributed by atoms with E-state index in [-0.39, 0.29) is 23.3 Å². The zero-order valence-electron chi connectivity index (χ0n) is 24.6. The SMILES string of the molecule is CO[C@@H]1[C@H](N(C)C(=O)c2ccccc2)C[C@H]2O[C@]1(C)n1c3ccccc3c3c4c(c5c6ccccc6n2c5c31)C(=O)NC4.O. The fraction of sp³-hybridized carbons (Fsp3) is 0.257. The molecule has 1 saturated heterocycles. The first-order valence-corrected chi connectivity index (χ1v) is 14.8. The Labute approximate surface area is 252 Å². The van der Waals surface area contributed by atoms with Gasteiger partial charge >= 0.3 is 0 Å². The number of para-hydroxylation sites is 2. The van der Waals surface area contributed by atoms with Crippen molar-refractivity contribution in [2.75, 3.05) is 14.2 Å². The molecule has 9 nitrogen and oxygen atoms in total. The van der Waals surface area contributed by atoms with Crippen LogP contribution in [0.3, 0.4) is 0 Å². The number of nitrogens with one attached hydrogen (secondary N) is 1. The number of hydrogen-bond donors (Lipinski definition) is 1. The van der Waals surface area contributed by atoms with Crippen LogP contribution in [0.2, 0.25) is 0 Å². The van der Waals surface area contributed by atoms with Crippen molar-refractivity contribution in [3.8, 4) is 0 Å². The zero-order valence-corrected chi connectivity index (χ0v) is 24.6. The molecule has 0 aliphatic carbocycles. The Morgan fingerprint density at radius 2 is 1.61 bits per heavy atom. The number of benzene rings is 4. The van der Waals surface area contributed by atoms with E-state index in [1.807, 2.05) is 66.5 Å². The maximum Gasteiger partial charge on any atom is 0.253 e. The van der Waals surface area contributed by atoms with Crippen LogP contribution in [0.25, 0.3) is 43.6 Å². The first kappa shape index (κ1) is 26.9. The van der Waals surface area contributed by atoms with Crippen LogP contribution in [-0.2, 0) is 21.7 Å². The molecule has 0 unspecified atom stereocenters. The van der Waals surface area contributed by atoms with Crippen LogP contribution in [0.5, 0.6) is 0 Å². The molecule has 0 spiro atoms. The number of amides is 2.